The summed E-state index contributed by atoms with van der Waals surface area (Å²) in [4.78, 5) is 9.88. The molecule has 4 nitrogen and oxygen atoms in total. The van der Waals surface area contributed by atoms with Gasteiger partial charge in [0.15, 0.2) is 6.10 Å². The number of imidazole rings is 1. The van der Waals surface area contributed by atoms with Crippen LogP contribution in [-0.2, 0) is 24.5 Å². The summed E-state index contributed by atoms with van der Waals surface area (Å²) in [6, 6.07) is 11.3. The Labute approximate surface area is 174 Å². The van der Waals surface area contributed by atoms with Gasteiger partial charge in [0.05, 0.1) is 17.6 Å². The summed E-state index contributed by atoms with van der Waals surface area (Å²) in [5.41, 5.74) is 3.41. The molecule has 0 radical (unpaired) electrons. The summed E-state index contributed by atoms with van der Waals surface area (Å²) in [7, 11) is 1.87. The normalized spacial score (nSPS) is 16.6. The highest BCUT2D eigenvalue weighted by molar-refractivity contribution is 9.18. The van der Waals surface area contributed by atoms with Gasteiger partial charge in [-0.1, -0.05) is 35.5 Å². The van der Waals surface area contributed by atoms with E-state index in [0.29, 0.717) is 18.4 Å². The van der Waals surface area contributed by atoms with Crippen molar-refractivity contribution in [3.8, 4) is 11.3 Å². The molecule has 2 heterocycles. The van der Waals surface area contributed by atoms with Gasteiger partial charge in [0.2, 0.25) is 0 Å². The Hall–Kier alpha value is -2.61. The van der Waals surface area contributed by atoms with Crippen molar-refractivity contribution in [3.05, 3.63) is 77.2 Å². The molecule has 0 fully saturated rings. The van der Waals surface area contributed by atoms with E-state index in [4.69, 9.17) is 4.84 Å². The van der Waals surface area contributed by atoms with Crippen molar-refractivity contribution in [2.75, 3.05) is 0 Å². The number of alkyl halides is 3. The number of rotatable bonds is 4. The summed E-state index contributed by atoms with van der Waals surface area (Å²) in [6.07, 6.45) is 0.0145. The summed E-state index contributed by atoms with van der Waals surface area (Å²) < 4.78 is 41.8. The van der Waals surface area contributed by atoms with E-state index in [1.54, 1.807) is 12.4 Å². The molecule has 1 aliphatic rings. The molecule has 1 aromatic heterocycles. The van der Waals surface area contributed by atoms with Crippen molar-refractivity contribution in [1.82, 2.24) is 9.55 Å². The zero-order valence-electron chi connectivity index (χ0n) is 15.4. The minimum absolute atomic E-state index is 0.200. The smallest absolute Gasteiger partial charge is 0.386 e. The van der Waals surface area contributed by atoms with E-state index in [-0.39, 0.29) is 6.10 Å². The molecule has 0 spiro atoms. The largest absolute Gasteiger partial charge is 0.416 e. The fraction of sp³-hybridized carbons (Fsp3) is 0.238. The number of aromatic nitrogens is 2. The van der Waals surface area contributed by atoms with E-state index < -0.39 is 11.7 Å². The van der Waals surface area contributed by atoms with Crippen LogP contribution in [0, 0.1) is 0 Å². The van der Waals surface area contributed by atoms with E-state index in [1.165, 1.54) is 12.1 Å². The van der Waals surface area contributed by atoms with E-state index in [2.05, 4.69) is 26.1 Å². The van der Waals surface area contributed by atoms with Crippen molar-refractivity contribution in [2.45, 2.75) is 25.1 Å². The SMILES string of the molecule is Cn1cnc(-c2cc([C@H]3CC(Br)=NO3)ccc2Cc2cccc(C(F)(F)F)c2)c1. The van der Waals surface area contributed by atoms with Gasteiger partial charge >= 0.3 is 6.18 Å². The van der Waals surface area contributed by atoms with Gasteiger partial charge in [-0.15, -0.1) is 0 Å². The van der Waals surface area contributed by atoms with E-state index in [1.807, 2.05) is 36.0 Å². The Bertz CT molecular complexity index is 1080. The molecule has 0 saturated carbocycles. The third-order valence-electron chi connectivity index (χ3n) is 4.77. The maximum absolute atomic E-state index is 13.1. The molecule has 8 heteroatoms. The molecule has 1 aliphatic heterocycles. The second kappa shape index (κ2) is 7.67. The van der Waals surface area contributed by atoms with Crippen molar-refractivity contribution in [3.63, 3.8) is 0 Å². The molecule has 0 unspecified atom stereocenters. The van der Waals surface area contributed by atoms with E-state index in [9.17, 15) is 13.2 Å². The standard InChI is InChI=1S/C21H17BrF3N3O/c1-28-11-18(26-12-28)17-9-15(19-10-20(22)27-29-19)6-5-14(17)7-13-3-2-4-16(8-13)21(23,24)25/h2-6,8-9,11-12,19H,7,10H2,1H3/t19-/m1/s1. The minimum atomic E-state index is -4.36. The number of nitrogens with zero attached hydrogens (tertiary/aromatic N) is 3. The van der Waals surface area contributed by atoms with Crippen LogP contribution in [0.3, 0.4) is 0 Å². The lowest BCUT2D eigenvalue weighted by molar-refractivity contribution is -0.137. The molecule has 0 bridgehead atoms. The Morgan fingerprint density at radius 1 is 1.21 bits per heavy atom. The number of benzene rings is 2. The van der Waals surface area contributed by atoms with E-state index >= 15 is 0 Å². The molecular weight excluding hydrogens is 447 g/mol. The predicted octanol–water partition coefficient (Wildman–Crippen LogP) is 5.87. The second-order valence-electron chi connectivity index (χ2n) is 6.98. The van der Waals surface area contributed by atoms with Gasteiger partial charge in [-0.05, 0) is 51.2 Å². The average Bonchev–Trinajstić information content (AvgIpc) is 3.30. The Morgan fingerprint density at radius 2 is 2.03 bits per heavy atom. The van der Waals surface area contributed by atoms with Gasteiger partial charge in [-0.2, -0.15) is 13.2 Å². The second-order valence-corrected chi connectivity index (χ2v) is 7.90. The van der Waals surface area contributed by atoms with Crippen molar-refractivity contribution in [2.24, 2.45) is 12.2 Å². The first-order valence-electron chi connectivity index (χ1n) is 8.95. The summed E-state index contributed by atoms with van der Waals surface area (Å²) in [6.45, 7) is 0. The van der Waals surface area contributed by atoms with Gasteiger partial charge in [-0.25, -0.2) is 4.98 Å². The molecular formula is C21H17BrF3N3O. The maximum Gasteiger partial charge on any atom is 0.416 e. The lowest BCUT2D eigenvalue weighted by atomic mass is 9.93. The third-order valence-corrected chi connectivity index (χ3v) is 5.24. The molecule has 0 N–H and O–H groups in total. The highest BCUT2D eigenvalue weighted by atomic mass is 79.9. The first-order chi connectivity index (χ1) is 13.8. The quantitative estimate of drug-likeness (QED) is 0.485. The fourth-order valence-corrected chi connectivity index (χ4v) is 3.72. The predicted molar refractivity (Wildman–Crippen MR) is 108 cm³/mol. The number of hydrogen-bond donors (Lipinski definition) is 0. The van der Waals surface area contributed by atoms with Crippen LogP contribution in [0.4, 0.5) is 13.2 Å². The van der Waals surface area contributed by atoms with Gasteiger partial charge in [-0.3, -0.25) is 0 Å². The van der Waals surface area contributed by atoms with Crippen LogP contribution in [0.1, 0.15) is 34.8 Å². The van der Waals surface area contributed by atoms with Crippen LogP contribution in [0.25, 0.3) is 11.3 Å². The minimum Gasteiger partial charge on any atom is -0.386 e. The zero-order chi connectivity index (χ0) is 20.6. The van der Waals surface area contributed by atoms with Crippen molar-refractivity contribution >= 4 is 20.6 Å². The van der Waals surface area contributed by atoms with Crippen molar-refractivity contribution < 1.29 is 18.0 Å². The maximum atomic E-state index is 13.1. The Balaban J connectivity index is 1.71. The topological polar surface area (TPSA) is 39.4 Å². The molecule has 1 atom stereocenters. The molecule has 0 aliphatic carbocycles. The number of oxime groups is 1. The highest BCUT2D eigenvalue weighted by Gasteiger charge is 2.30. The summed E-state index contributed by atoms with van der Waals surface area (Å²) >= 11 is 3.34. The number of hydrogen-bond acceptors (Lipinski definition) is 3. The summed E-state index contributed by atoms with van der Waals surface area (Å²) in [5.74, 6) is 0. The highest BCUT2D eigenvalue weighted by Crippen LogP contribution is 2.34. The molecule has 29 heavy (non-hydrogen) atoms. The van der Waals surface area contributed by atoms with Crippen LogP contribution < -0.4 is 0 Å². The fourth-order valence-electron chi connectivity index (χ4n) is 3.34. The van der Waals surface area contributed by atoms with E-state index in [0.717, 1.165) is 33.1 Å². The summed E-state index contributed by atoms with van der Waals surface area (Å²) in [5, 5.41) is 3.93. The molecule has 4 rings (SSSR count). The average molecular weight is 464 g/mol. The molecule has 3 aromatic rings. The van der Waals surface area contributed by atoms with Crippen LogP contribution in [0.5, 0.6) is 0 Å². The van der Waals surface area contributed by atoms with Crippen LogP contribution in [-0.4, -0.2) is 14.2 Å². The first kappa shape index (κ1) is 19.7. The lowest BCUT2D eigenvalue weighted by Crippen LogP contribution is -2.05. The van der Waals surface area contributed by atoms with Crippen LogP contribution in [0.15, 0.2) is 60.1 Å². The van der Waals surface area contributed by atoms with Crippen LogP contribution >= 0.6 is 15.9 Å². The van der Waals surface area contributed by atoms with Gasteiger partial charge < -0.3 is 9.40 Å². The Kier molecular flexibility index (Phi) is 5.21. The molecule has 150 valence electrons. The molecule has 2 aromatic carbocycles. The Morgan fingerprint density at radius 3 is 2.69 bits per heavy atom. The monoisotopic (exact) mass is 463 g/mol. The van der Waals surface area contributed by atoms with Gasteiger partial charge in [0.25, 0.3) is 0 Å². The van der Waals surface area contributed by atoms with Crippen LogP contribution in [0.2, 0.25) is 0 Å². The first-order valence-corrected chi connectivity index (χ1v) is 9.74. The zero-order valence-corrected chi connectivity index (χ0v) is 17.0. The van der Waals surface area contributed by atoms with Gasteiger partial charge in [0.1, 0.15) is 4.62 Å². The lowest BCUT2D eigenvalue weighted by Gasteiger charge is -2.14. The number of halogens is 4. The van der Waals surface area contributed by atoms with Gasteiger partial charge in [0, 0.05) is 25.2 Å². The number of aryl methyl sites for hydroxylation is 1. The molecule has 0 saturated heterocycles. The molecule has 0 amide bonds. The third kappa shape index (κ3) is 4.37. The van der Waals surface area contributed by atoms with Crippen molar-refractivity contribution in [1.29, 1.82) is 0 Å².